The second-order valence-corrected chi connectivity index (χ2v) is 5.40. The van der Waals surface area contributed by atoms with E-state index in [1.165, 1.54) is 18.2 Å². The van der Waals surface area contributed by atoms with Crippen molar-refractivity contribution in [2.24, 2.45) is 0 Å². The highest BCUT2D eigenvalue weighted by Gasteiger charge is 2.16. The lowest BCUT2D eigenvalue weighted by Crippen LogP contribution is -2.05. The molecule has 2 aromatic carbocycles. The Balaban J connectivity index is 2.52. The molecule has 6 heteroatoms. The van der Waals surface area contributed by atoms with Crippen LogP contribution in [-0.4, -0.2) is 11.1 Å². The second-order valence-electron chi connectivity index (χ2n) is 3.69. The van der Waals surface area contributed by atoms with Gasteiger partial charge in [0.05, 0.1) is 16.9 Å². The molecule has 0 unspecified atom stereocenters. The van der Waals surface area contributed by atoms with Crippen molar-refractivity contribution in [2.45, 2.75) is 0 Å². The van der Waals surface area contributed by atoms with Gasteiger partial charge in [0.1, 0.15) is 5.82 Å². The van der Waals surface area contributed by atoms with Crippen LogP contribution < -0.4 is 5.32 Å². The number of hydrogen-bond donors (Lipinski definition) is 2. The number of carbonyl (C=O) groups is 1. The lowest BCUT2D eigenvalue weighted by molar-refractivity contribution is 0.0697. The van der Waals surface area contributed by atoms with Gasteiger partial charge in [-0.05, 0) is 56.1 Å². The molecule has 0 aliphatic rings. The number of benzene rings is 2. The molecule has 0 aliphatic heterocycles. The molecule has 0 bridgehead atoms. The largest absolute Gasteiger partial charge is 0.478 e. The first-order valence-electron chi connectivity index (χ1n) is 5.23. The molecule has 0 heterocycles. The zero-order valence-corrected chi connectivity index (χ0v) is 12.6. The average molecular weight is 389 g/mol. The number of aromatic carboxylic acids is 1. The van der Waals surface area contributed by atoms with Gasteiger partial charge in [-0.3, -0.25) is 0 Å². The van der Waals surface area contributed by atoms with Crippen LogP contribution in [-0.2, 0) is 0 Å². The van der Waals surface area contributed by atoms with Gasteiger partial charge in [-0.15, -0.1) is 0 Å². The van der Waals surface area contributed by atoms with Gasteiger partial charge in [-0.25, -0.2) is 9.18 Å². The zero-order valence-electron chi connectivity index (χ0n) is 9.45. The minimum absolute atomic E-state index is 0.0670. The van der Waals surface area contributed by atoms with Crippen LogP contribution in [0.5, 0.6) is 0 Å². The van der Waals surface area contributed by atoms with E-state index in [4.69, 9.17) is 5.11 Å². The molecule has 0 saturated heterocycles. The highest BCUT2D eigenvalue weighted by Crippen LogP contribution is 2.35. The van der Waals surface area contributed by atoms with Gasteiger partial charge in [0, 0.05) is 8.95 Å². The second kappa shape index (κ2) is 5.71. The Morgan fingerprint density at radius 3 is 2.21 bits per heavy atom. The summed E-state index contributed by atoms with van der Waals surface area (Å²) in [4.78, 5) is 11.1. The van der Waals surface area contributed by atoms with Crippen molar-refractivity contribution in [1.29, 1.82) is 0 Å². The average Bonchev–Trinajstić information content (AvgIpc) is 2.35. The Kier molecular flexibility index (Phi) is 4.21. The van der Waals surface area contributed by atoms with E-state index in [1.54, 1.807) is 18.2 Å². The fourth-order valence-electron chi connectivity index (χ4n) is 1.57. The third-order valence-corrected chi connectivity index (χ3v) is 3.78. The van der Waals surface area contributed by atoms with E-state index >= 15 is 0 Å². The maximum atomic E-state index is 13.8. The van der Waals surface area contributed by atoms with Gasteiger partial charge in [-0.2, -0.15) is 0 Å². The Morgan fingerprint density at radius 1 is 1.05 bits per heavy atom. The maximum Gasteiger partial charge on any atom is 0.337 e. The number of rotatable bonds is 3. The number of carboxylic acids is 1. The van der Waals surface area contributed by atoms with Gasteiger partial charge in [-0.1, -0.05) is 12.1 Å². The molecule has 0 fully saturated rings. The first-order chi connectivity index (χ1) is 9.00. The molecule has 0 atom stereocenters. The van der Waals surface area contributed by atoms with E-state index in [2.05, 4.69) is 37.2 Å². The molecule has 0 radical (unpaired) electrons. The van der Waals surface area contributed by atoms with Crippen molar-refractivity contribution >= 4 is 49.2 Å². The summed E-state index contributed by atoms with van der Waals surface area (Å²) >= 11 is 6.66. The van der Waals surface area contributed by atoms with E-state index in [0.717, 1.165) is 0 Å². The van der Waals surface area contributed by atoms with Crippen molar-refractivity contribution < 1.29 is 14.3 Å². The highest BCUT2D eigenvalue weighted by molar-refractivity contribution is 9.11. The minimum Gasteiger partial charge on any atom is -0.478 e. The summed E-state index contributed by atoms with van der Waals surface area (Å²) in [6.45, 7) is 0. The van der Waals surface area contributed by atoms with Crippen LogP contribution in [0.3, 0.4) is 0 Å². The normalized spacial score (nSPS) is 10.3. The van der Waals surface area contributed by atoms with Crippen LogP contribution in [0.2, 0.25) is 0 Å². The van der Waals surface area contributed by atoms with Gasteiger partial charge >= 0.3 is 5.97 Å². The third kappa shape index (κ3) is 2.96. The molecule has 2 rings (SSSR count). The van der Waals surface area contributed by atoms with Gasteiger partial charge in [0.25, 0.3) is 0 Å². The number of anilines is 2. The molecule has 2 N–H and O–H groups in total. The Bertz CT molecular complexity index is 626. The summed E-state index contributed by atoms with van der Waals surface area (Å²) in [7, 11) is 0. The molecule has 0 spiro atoms. The van der Waals surface area contributed by atoms with Crippen molar-refractivity contribution in [3.63, 3.8) is 0 Å². The Labute approximate surface area is 125 Å². The maximum absolute atomic E-state index is 13.8. The molecule has 19 heavy (non-hydrogen) atoms. The number of nitrogens with one attached hydrogen (secondary N) is 1. The van der Waals surface area contributed by atoms with Crippen molar-refractivity contribution in [2.75, 3.05) is 5.32 Å². The van der Waals surface area contributed by atoms with E-state index in [9.17, 15) is 9.18 Å². The summed E-state index contributed by atoms with van der Waals surface area (Å²) in [5, 5.41) is 11.9. The summed E-state index contributed by atoms with van der Waals surface area (Å²) in [6, 6.07) is 9.26. The monoisotopic (exact) mass is 387 g/mol. The summed E-state index contributed by atoms with van der Waals surface area (Å²) in [5.74, 6) is -1.81. The molecular formula is C13H8Br2FNO2. The Morgan fingerprint density at radius 2 is 1.63 bits per heavy atom. The van der Waals surface area contributed by atoms with Gasteiger partial charge in [0.15, 0.2) is 0 Å². The fourth-order valence-corrected chi connectivity index (χ4v) is 2.77. The smallest absolute Gasteiger partial charge is 0.337 e. The summed E-state index contributed by atoms with van der Waals surface area (Å²) in [5.41, 5.74) is 0.375. The van der Waals surface area contributed by atoms with Crippen LogP contribution in [0.1, 0.15) is 10.4 Å². The molecule has 3 nitrogen and oxygen atoms in total. The number of para-hydroxylation sites is 2. The molecule has 0 saturated carbocycles. The molecular weight excluding hydrogens is 381 g/mol. The quantitative estimate of drug-likeness (QED) is 0.794. The molecule has 0 aliphatic carbocycles. The van der Waals surface area contributed by atoms with Crippen LogP contribution >= 0.6 is 31.9 Å². The first-order valence-corrected chi connectivity index (χ1v) is 6.82. The van der Waals surface area contributed by atoms with Crippen molar-refractivity contribution in [1.82, 2.24) is 0 Å². The van der Waals surface area contributed by atoms with Crippen LogP contribution in [0.15, 0.2) is 45.3 Å². The first kappa shape index (κ1) is 14.0. The van der Waals surface area contributed by atoms with Crippen LogP contribution in [0.4, 0.5) is 15.8 Å². The van der Waals surface area contributed by atoms with Crippen LogP contribution in [0, 0.1) is 5.82 Å². The topological polar surface area (TPSA) is 49.3 Å². The lowest BCUT2D eigenvalue weighted by Gasteiger charge is -2.13. The minimum atomic E-state index is -1.19. The fraction of sp³-hybridized carbons (Fsp3) is 0. The predicted octanol–water partition coefficient (Wildman–Crippen LogP) is 4.79. The number of carboxylic acid groups (broad SMARTS) is 1. The van der Waals surface area contributed by atoms with Gasteiger partial charge < -0.3 is 10.4 Å². The summed E-state index contributed by atoms with van der Waals surface area (Å²) in [6.07, 6.45) is 0. The van der Waals surface area contributed by atoms with E-state index in [0.29, 0.717) is 14.6 Å². The molecule has 0 aromatic heterocycles. The van der Waals surface area contributed by atoms with Crippen LogP contribution in [0.25, 0.3) is 0 Å². The van der Waals surface area contributed by atoms with Crippen molar-refractivity contribution in [3.05, 3.63) is 56.7 Å². The summed E-state index contributed by atoms with van der Waals surface area (Å²) < 4.78 is 15.2. The van der Waals surface area contributed by atoms with Gasteiger partial charge in [0.2, 0.25) is 0 Å². The standard InChI is InChI=1S/C13H8Br2FNO2/c14-8-4-2-5-9(15)12(8)17-11-7(13(18)19)3-1-6-10(11)16/h1-6,17H,(H,18,19). The molecule has 98 valence electrons. The van der Waals surface area contributed by atoms with Crippen molar-refractivity contribution in [3.8, 4) is 0 Å². The number of hydrogen-bond acceptors (Lipinski definition) is 2. The number of halogens is 3. The Hall–Kier alpha value is -1.40. The zero-order chi connectivity index (χ0) is 14.0. The van der Waals surface area contributed by atoms with E-state index in [-0.39, 0.29) is 11.3 Å². The highest BCUT2D eigenvalue weighted by atomic mass is 79.9. The lowest BCUT2D eigenvalue weighted by atomic mass is 10.1. The third-order valence-electron chi connectivity index (χ3n) is 2.46. The molecule has 2 aromatic rings. The van der Waals surface area contributed by atoms with E-state index < -0.39 is 11.8 Å². The predicted molar refractivity (Wildman–Crippen MR) is 78.5 cm³/mol. The van der Waals surface area contributed by atoms with E-state index in [1.807, 2.05) is 0 Å². The molecule has 0 amide bonds. The SMILES string of the molecule is O=C(O)c1cccc(F)c1Nc1c(Br)cccc1Br.